The van der Waals surface area contributed by atoms with Gasteiger partial charge in [0.15, 0.2) is 0 Å². The number of benzene rings is 3. The Bertz CT molecular complexity index is 1190. The van der Waals surface area contributed by atoms with E-state index >= 15 is 0 Å². The van der Waals surface area contributed by atoms with Crippen molar-refractivity contribution in [2.24, 2.45) is 0 Å². The van der Waals surface area contributed by atoms with Crippen LogP contribution in [-0.2, 0) is 12.8 Å². The van der Waals surface area contributed by atoms with Crippen LogP contribution in [0, 0.1) is 3.57 Å². The first-order valence-corrected chi connectivity index (χ1v) is 10.0. The third-order valence-corrected chi connectivity index (χ3v) is 5.29. The number of aromatic nitrogens is 2. The van der Waals surface area contributed by atoms with Crippen molar-refractivity contribution >= 4 is 45.0 Å². The maximum absolute atomic E-state index is 12.8. The fourth-order valence-electron chi connectivity index (χ4n) is 2.92. The number of ether oxygens (including phenoxy) is 1. The fourth-order valence-corrected chi connectivity index (χ4v) is 3.54. The molecule has 1 aromatic heterocycles. The molecule has 0 aliphatic heterocycles. The predicted octanol–water partition coefficient (Wildman–Crippen LogP) is 6.58. The minimum Gasteiger partial charge on any atom is -0.489 e. The Morgan fingerprint density at radius 1 is 0.933 bits per heavy atom. The quantitative estimate of drug-likeness (QED) is 0.302. The van der Waals surface area contributed by atoms with Crippen LogP contribution >= 0.6 is 22.6 Å². The van der Waals surface area contributed by atoms with Crippen LogP contribution in [0.2, 0.25) is 0 Å². The van der Waals surface area contributed by atoms with Crippen LogP contribution in [0.5, 0.6) is 5.75 Å². The topological polar surface area (TPSA) is 47.0 Å². The van der Waals surface area contributed by atoms with E-state index < -0.39 is 11.7 Å². The number of para-hydroxylation sites is 1. The van der Waals surface area contributed by atoms with Crippen molar-refractivity contribution in [2.75, 3.05) is 5.32 Å². The number of alkyl halides is 3. The molecule has 8 heteroatoms. The summed E-state index contributed by atoms with van der Waals surface area (Å²) in [5.74, 6) is 1.26. The van der Waals surface area contributed by atoms with Crippen LogP contribution in [0.25, 0.3) is 10.9 Å². The van der Waals surface area contributed by atoms with Crippen molar-refractivity contribution in [3.8, 4) is 5.75 Å². The van der Waals surface area contributed by atoms with Crippen LogP contribution in [-0.4, -0.2) is 9.97 Å². The minimum absolute atomic E-state index is 0.0450. The van der Waals surface area contributed by atoms with E-state index in [4.69, 9.17) is 4.74 Å². The third-order valence-electron chi connectivity index (χ3n) is 4.40. The summed E-state index contributed by atoms with van der Waals surface area (Å²) in [6.07, 6.45) is -2.87. The highest BCUT2D eigenvalue weighted by Gasteiger charge is 2.30. The second-order valence-corrected chi connectivity index (χ2v) is 7.66. The molecule has 30 heavy (non-hydrogen) atoms. The zero-order chi connectivity index (χ0) is 21.1. The van der Waals surface area contributed by atoms with Gasteiger partial charge in [-0.1, -0.05) is 24.3 Å². The van der Waals surface area contributed by atoms with Gasteiger partial charge in [0.1, 0.15) is 24.5 Å². The lowest BCUT2D eigenvalue weighted by Gasteiger charge is -2.13. The van der Waals surface area contributed by atoms with E-state index in [1.807, 2.05) is 36.4 Å². The maximum atomic E-state index is 12.8. The Balaban J connectivity index is 1.48. The Morgan fingerprint density at radius 3 is 2.57 bits per heavy atom. The van der Waals surface area contributed by atoms with Crippen molar-refractivity contribution in [1.82, 2.24) is 9.97 Å². The van der Waals surface area contributed by atoms with Crippen LogP contribution in [0.4, 0.5) is 24.7 Å². The molecule has 0 aliphatic rings. The van der Waals surface area contributed by atoms with E-state index in [1.54, 1.807) is 12.1 Å². The van der Waals surface area contributed by atoms with E-state index in [1.165, 1.54) is 12.4 Å². The predicted molar refractivity (Wildman–Crippen MR) is 118 cm³/mol. The molecule has 0 amide bonds. The second kappa shape index (κ2) is 8.47. The van der Waals surface area contributed by atoms with Gasteiger partial charge in [0.05, 0.1) is 16.8 Å². The average molecular weight is 521 g/mol. The highest BCUT2D eigenvalue weighted by atomic mass is 127. The van der Waals surface area contributed by atoms with Gasteiger partial charge >= 0.3 is 6.18 Å². The molecule has 1 N–H and O–H groups in total. The molecular formula is C22H15F3IN3O. The summed E-state index contributed by atoms with van der Waals surface area (Å²) < 4.78 is 45.1. The van der Waals surface area contributed by atoms with Crippen LogP contribution in [0.1, 0.15) is 11.1 Å². The fraction of sp³-hybridized carbons (Fsp3) is 0.0909. The van der Waals surface area contributed by atoms with Crippen molar-refractivity contribution in [3.63, 3.8) is 0 Å². The molecule has 0 spiro atoms. The molecular weight excluding hydrogens is 506 g/mol. The Morgan fingerprint density at radius 2 is 1.77 bits per heavy atom. The van der Waals surface area contributed by atoms with E-state index in [2.05, 4.69) is 37.9 Å². The molecule has 4 aromatic rings. The molecule has 0 radical (unpaired) electrons. The summed E-state index contributed by atoms with van der Waals surface area (Å²) >= 11 is 2.17. The Hall–Kier alpha value is -2.88. The Kier molecular flexibility index (Phi) is 5.76. The normalized spacial score (nSPS) is 11.5. The van der Waals surface area contributed by atoms with Crippen molar-refractivity contribution in [2.45, 2.75) is 12.8 Å². The molecule has 4 rings (SSSR count). The molecule has 0 aliphatic carbocycles. The molecule has 152 valence electrons. The lowest BCUT2D eigenvalue weighted by atomic mass is 10.1. The van der Waals surface area contributed by atoms with Gasteiger partial charge in [-0.2, -0.15) is 13.2 Å². The molecule has 0 bridgehead atoms. The monoisotopic (exact) mass is 521 g/mol. The van der Waals surface area contributed by atoms with Crippen molar-refractivity contribution in [3.05, 3.63) is 87.8 Å². The molecule has 3 aromatic carbocycles. The third kappa shape index (κ3) is 4.64. The Labute approximate surface area is 184 Å². The van der Waals surface area contributed by atoms with Gasteiger partial charge in [0, 0.05) is 8.96 Å². The summed E-state index contributed by atoms with van der Waals surface area (Å²) in [5, 5.41) is 4.20. The average Bonchev–Trinajstić information content (AvgIpc) is 2.74. The molecule has 1 heterocycles. The van der Waals surface area contributed by atoms with E-state index in [-0.39, 0.29) is 6.61 Å². The number of fused-ring (bicyclic) bond motifs is 1. The largest absolute Gasteiger partial charge is 0.489 e. The maximum Gasteiger partial charge on any atom is 0.416 e. The first-order chi connectivity index (χ1) is 14.4. The second-order valence-electron chi connectivity index (χ2n) is 6.49. The lowest BCUT2D eigenvalue weighted by Crippen LogP contribution is -2.06. The smallest absolute Gasteiger partial charge is 0.416 e. The molecule has 0 saturated carbocycles. The first kappa shape index (κ1) is 20.4. The molecule has 4 nitrogen and oxygen atoms in total. The number of rotatable bonds is 5. The summed E-state index contributed by atoms with van der Waals surface area (Å²) in [5.41, 5.74) is 1.45. The van der Waals surface area contributed by atoms with Gasteiger partial charge in [0.2, 0.25) is 0 Å². The van der Waals surface area contributed by atoms with Gasteiger partial charge in [-0.3, -0.25) is 0 Å². The zero-order valence-corrected chi connectivity index (χ0v) is 17.6. The lowest BCUT2D eigenvalue weighted by molar-refractivity contribution is -0.137. The van der Waals surface area contributed by atoms with E-state index in [0.717, 1.165) is 32.3 Å². The van der Waals surface area contributed by atoms with Crippen molar-refractivity contribution < 1.29 is 17.9 Å². The van der Waals surface area contributed by atoms with Gasteiger partial charge < -0.3 is 10.1 Å². The molecule has 0 saturated heterocycles. The molecule has 0 fully saturated rings. The van der Waals surface area contributed by atoms with Gasteiger partial charge in [0.25, 0.3) is 0 Å². The summed E-state index contributed by atoms with van der Waals surface area (Å²) in [6, 6.07) is 18.3. The minimum atomic E-state index is -4.37. The van der Waals surface area contributed by atoms with Gasteiger partial charge in [-0.15, -0.1) is 0 Å². The number of halogens is 4. The van der Waals surface area contributed by atoms with Gasteiger partial charge in [-0.05, 0) is 70.6 Å². The van der Waals surface area contributed by atoms with Crippen molar-refractivity contribution in [1.29, 1.82) is 0 Å². The SMILES string of the molecule is FC(F)(F)c1cccc(COc2ccc(Nc3ncnc4ccccc34)c(I)c2)c1. The molecule has 0 atom stereocenters. The summed E-state index contributed by atoms with van der Waals surface area (Å²) in [6.45, 7) is 0.0450. The van der Waals surface area contributed by atoms with E-state index in [0.29, 0.717) is 17.1 Å². The standard InChI is InChI=1S/C22H15F3IN3O/c23-22(24,25)15-5-3-4-14(10-15)12-30-16-8-9-20(18(26)11-16)29-21-17-6-1-2-7-19(17)27-13-28-21/h1-11,13H,12H2,(H,27,28,29). The number of hydrogen-bond donors (Lipinski definition) is 1. The first-order valence-electron chi connectivity index (χ1n) is 8.95. The highest BCUT2D eigenvalue weighted by Crippen LogP contribution is 2.31. The summed E-state index contributed by atoms with van der Waals surface area (Å²) in [7, 11) is 0. The zero-order valence-electron chi connectivity index (χ0n) is 15.4. The van der Waals surface area contributed by atoms with Crippen LogP contribution in [0.3, 0.4) is 0 Å². The highest BCUT2D eigenvalue weighted by molar-refractivity contribution is 14.1. The van der Waals surface area contributed by atoms with Crippen LogP contribution < -0.4 is 10.1 Å². The van der Waals surface area contributed by atoms with E-state index in [9.17, 15) is 13.2 Å². The number of nitrogens with zero attached hydrogens (tertiary/aromatic N) is 2. The number of nitrogens with one attached hydrogen (secondary N) is 1. The molecule has 0 unspecified atom stereocenters. The van der Waals surface area contributed by atoms with Crippen LogP contribution in [0.15, 0.2) is 73.1 Å². The summed E-state index contributed by atoms with van der Waals surface area (Å²) in [4.78, 5) is 8.57. The van der Waals surface area contributed by atoms with Gasteiger partial charge in [-0.25, -0.2) is 9.97 Å². The number of hydrogen-bond acceptors (Lipinski definition) is 4. The number of anilines is 2.